The Labute approximate surface area is 268 Å². The van der Waals surface area contributed by atoms with Gasteiger partial charge in [0.2, 0.25) is 0 Å². The molecule has 0 aromatic heterocycles. The van der Waals surface area contributed by atoms with E-state index in [1.54, 1.807) is 36.4 Å². The highest BCUT2D eigenvalue weighted by atomic mass is 32.2. The van der Waals surface area contributed by atoms with Crippen molar-refractivity contribution in [1.29, 1.82) is 0 Å². The van der Waals surface area contributed by atoms with Crippen molar-refractivity contribution in [3.63, 3.8) is 0 Å². The summed E-state index contributed by atoms with van der Waals surface area (Å²) in [4.78, 5) is 16.2. The van der Waals surface area contributed by atoms with Crippen molar-refractivity contribution < 1.29 is 35.5 Å². The lowest BCUT2D eigenvalue weighted by atomic mass is 9.78. The van der Waals surface area contributed by atoms with Crippen molar-refractivity contribution in [2.75, 3.05) is 11.9 Å². The molecule has 2 atom stereocenters. The van der Waals surface area contributed by atoms with E-state index in [2.05, 4.69) is 15.6 Å². The van der Waals surface area contributed by atoms with Crippen LogP contribution in [0.5, 0.6) is 11.5 Å². The second-order valence-corrected chi connectivity index (χ2v) is 16.1. The first-order valence-corrected chi connectivity index (χ1v) is 18.0. The predicted molar refractivity (Wildman–Crippen MR) is 173 cm³/mol. The van der Waals surface area contributed by atoms with Crippen LogP contribution >= 0.6 is 0 Å². The predicted octanol–water partition coefficient (Wildman–Crippen LogP) is 4.06. The van der Waals surface area contributed by atoms with Crippen LogP contribution < -0.4 is 25.9 Å². The minimum atomic E-state index is -4.98. The van der Waals surface area contributed by atoms with E-state index in [9.17, 15) is 30.7 Å². The normalized spacial score (nSPS) is 20.4. The molecule has 46 heavy (non-hydrogen) atoms. The summed E-state index contributed by atoms with van der Waals surface area (Å²) in [7, 11) is -9.93. The molecule has 0 radical (unpaired) electrons. The van der Waals surface area contributed by atoms with Crippen molar-refractivity contribution in [3.8, 4) is 11.5 Å². The largest absolute Gasteiger partial charge is 0.453 e. The number of anilines is 1. The molecule has 3 aromatic carbocycles. The van der Waals surface area contributed by atoms with Gasteiger partial charge in [0.25, 0.3) is 26.1 Å². The van der Waals surface area contributed by atoms with E-state index in [-0.39, 0.29) is 45.8 Å². The van der Waals surface area contributed by atoms with Gasteiger partial charge in [0.1, 0.15) is 0 Å². The number of fused-ring (bicyclic) bond motifs is 4. The molecular formula is C33H37N3O8S2. The van der Waals surface area contributed by atoms with Crippen LogP contribution in [0.25, 0.3) is 5.57 Å². The van der Waals surface area contributed by atoms with Crippen molar-refractivity contribution >= 4 is 37.4 Å². The number of rotatable bonds is 6. The second-order valence-electron chi connectivity index (χ2n) is 13.4. The van der Waals surface area contributed by atoms with Gasteiger partial charge in [-0.05, 0) is 61.2 Å². The van der Waals surface area contributed by atoms with Crippen LogP contribution in [0.2, 0.25) is 0 Å². The summed E-state index contributed by atoms with van der Waals surface area (Å²) in [5.41, 5.74) is 1.76. The van der Waals surface area contributed by atoms with E-state index in [0.717, 1.165) is 6.42 Å². The fourth-order valence-corrected chi connectivity index (χ4v) is 8.10. The van der Waals surface area contributed by atoms with E-state index < -0.39 is 40.9 Å². The Morgan fingerprint density at radius 3 is 2.15 bits per heavy atom. The summed E-state index contributed by atoms with van der Waals surface area (Å²) in [6, 6.07) is 9.63. The molecular weight excluding hydrogens is 631 g/mol. The number of carbonyl (C=O) groups is 1. The summed E-state index contributed by atoms with van der Waals surface area (Å²) in [6.07, 6.45) is 0.765. The molecule has 0 saturated heterocycles. The lowest BCUT2D eigenvalue weighted by molar-refractivity contribution is 0.0953. The topological polar surface area (TPSA) is 171 Å². The third-order valence-electron chi connectivity index (χ3n) is 9.87. The Balaban J connectivity index is 1.80. The molecule has 13 heteroatoms. The molecule has 0 spiro atoms. The van der Waals surface area contributed by atoms with Gasteiger partial charge in [-0.25, -0.2) is 0 Å². The number of amides is 1. The molecule has 11 nitrogen and oxygen atoms in total. The van der Waals surface area contributed by atoms with E-state index in [4.69, 9.17) is 4.74 Å². The van der Waals surface area contributed by atoms with Crippen LogP contribution in [0.4, 0.5) is 5.69 Å². The standard InChI is InChI=1S/C33H37N3O8S2/c1-8-13-34-31(37)19-11-9-18(10-12-19)24-20-14-22-25(35-16(2)32(22,4)5)29(45(38,39)40)27(20)44-28-21(24)15-23-26(30(28)46(41,42)43)36-17(3)33(23,6)7/h9-12,14-17,35H,8,13H2,1-7H3,(H,34,37)(H,38,39,40)(H,41,42,43). The zero-order valence-corrected chi connectivity index (χ0v) is 28.3. The SMILES string of the molecule is CCCNC(=O)c1ccc(C2=c3cc4c(c(S(=O)(=O)O)c3Oc3c2cc2c(c3S(=O)(=O)O)NC(C)C2(C)C)=NC(C)C4(C)C)cc1. The van der Waals surface area contributed by atoms with Gasteiger partial charge < -0.3 is 15.4 Å². The number of nitrogens with zero attached hydrogens (tertiary/aromatic N) is 1. The van der Waals surface area contributed by atoms with Crippen molar-refractivity contribution in [1.82, 2.24) is 5.32 Å². The molecule has 4 N–H and O–H groups in total. The average molecular weight is 668 g/mol. The summed E-state index contributed by atoms with van der Waals surface area (Å²) in [5, 5.41) is 6.33. The number of nitrogens with one attached hydrogen (secondary N) is 2. The van der Waals surface area contributed by atoms with Gasteiger partial charge >= 0.3 is 0 Å². The summed E-state index contributed by atoms with van der Waals surface area (Å²) >= 11 is 0. The smallest absolute Gasteiger partial charge is 0.300 e. The quantitative estimate of drug-likeness (QED) is 0.221. The molecule has 6 rings (SSSR count). The third kappa shape index (κ3) is 4.74. The molecule has 3 aliphatic rings. The highest BCUT2D eigenvalue weighted by Crippen LogP contribution is 2.52. The molecule has 0 saturated carbocycles. The maximum atomic E-state index is 13.1. The van der Waals surface area contributed by atoms with Gasteiger partial charge in [-0.15, -0.1) is 0 Å². The van der Waals surface area contributed by atoms with Gasteiger partial charge in [0.15, 0.2) is 21.3 Å². The van der Waals surface area contributed by atoms with Crippen molar-refractivity contribution in [3.05, 3.63) is 74.8 Å². The molecule has 0 fully saturated rings. The van der Waals surface area contributed by atoms with Gasteiger partial charge in [-0.2, -0.15) is 16.8 Å². The summed E-state index contributed by atoms with van der Waals surface area (Å²) in [6.45, 7) is 13.9. The number of hydrogen-bond acceptors (Lipinski definition) is 8. The maximum absolute atomic E-state index is 13.1. The number of ether oxygens (including phenoxy) is 1. The first kappa shape index (κ1) is 32.2. The number of benzene rings is 3. The highest BCUT2D eigenvalue weighted by Gasteiger charge is 2.45. The molecule has 3 heterocycles. The minimum Gasteiger partial charge on any atom is -0.453 e. The lowest BCUT2D eigenvalue weighted by Gasteiger charge is -2.29. The Morgan fingerprint density at radius 2 is 1.57 bits per heavy atom. The fraction of sp³-hybridized carbons (Fsp3) is 0.394. The minimum absolute atomic E-state index is 0.0342. The van der Waals surface area contributed by atoms with Crippen LogP contribution in [0, 0.1) is 0 Å². The first-order valence-electron chi connectivity index (χ1n) is 15.1. The first-order chi connectivity index (χ1) is 21.3. The van der Waals surface area contributed by atoms with Crippen LogP contribution in [0.15, 0.2) is 51.2 Å². The zero-order valence-electron chi connectivity index (χ0n) is 26.6. The van der Waals surface area contributed by atoms with E-state index in [1.807, 2.05) is 48.5 Å². The third-order valence-corrected chi connectivity index (χ3v) is 11.7. The molecule has 3 aromatic rings. The van der Waals surface area contributed by atoms with E-state index in [0.29, 0.717) is 39.9 Å². The Kier molecular flexibility index (Phi) is 7.25. The van der Waals surface area contributed by atoms with Gasteiger partial charge in [0.05, 0.1) is 17.1 Å². The van der Waals surface area contributed by atoms with Gasteiger partial charge in [-0.1, -0.05) is 46.8 Å². The van der Waals surface area contributed by atoms with Gasteiger partial charge in [-0.3, -0.25) is 18.9 Å². The monoisotopic (exact) mass is 667 g/mol. The van der Waals surface area contributed by atoms with Crippen LogP contribution in [-0.4, -0.2) is 50.5 Å². The molecule has 244 valence electrons. The molecule has 0 aliphatic carbocycles. The average Bonchev–Trinajstić information content (AvgIpc) is 3.32. The summed E-state index contributed by atoms with van der Waals surface area (Å²) < 4.78 is 80.0. The number of carbonyl (C=O) groups excluding carboxylic acids is 1. The van der Waals surface area contributed by atoms with Crippen molar-refractivity contribution in [2.45, 2.75) is 87.6 Å². The number of hydrogen-bond donors (Lipinski definition) is 4. The Hall–Kier alpha value is -3.78. The molecule has 1 amide bonds. The van der Waals surface area contributed by atoms with Crippen LogP contribution in [0.3, 0.4) is 0 Å². The van der Waals surface area contributed by atoms with Crippen LogP contribution in [0.1, 0.15) is 87.5 Å². The fourth-order valence-electron chi connectivity index (χ4n) is 6.50. The van der Waals surface area contributed by atoms with E-state index in [1.165, 1.54) is 0 Å². The van der Waals surface area contributed by atoms with Gasteiger partial charge in [0, 0.05) is 45.3 Å². The maximum Gasteiger partial charge on any atom is 0.300 e. The second kappa shape index (κ2) is 10.4. The van der Waals surface area contributed by atoms with Crippen LogP contribution in [-0.2, 0) is 31.1 Å². The molecule has 0 bridgehead atoms. The Morgan fingerprint density at radius 1 is 0.935 bits per heavy atom. The van der Waals surface area contributed by atoms with E-state index >= 15 is 0 Å². The molecule has 3 aliphatic heterocycles. The highest BCUT2D eigenvalue weighted by molar-refractivity contribution is 7.86. The molecule has 2 unspecified atom stereocenters. The summed E-state index contributed by atoms with van der Waals surface area (Å²) in [5.74, 6) is -0.860. The zero-order chi connectivity index (χ0) is 33.7. The Bertz CT molecular complexity index is 2190. The lowest BCUT2D eigenvalue weighted by Crippen LogP contribution is -2.33. The van der Waals surface area contributed by atoms with Crippen molar-refractivity contribution in [2.24, 2.45) is 4.99 Å².